The van der Waals surface area contributed by atoms with Crippen LogP contribution in [0.4, 0.5) is 5.69 Å². The van der Waals surface area contributed by atoms with Crippen molar-refractivity contribution in [3.63, 3.8) is 0 Å². The summed E-state index contributed by atoms with van der Waals surface area (Å²) in [4.78, 5) is 4.62. The van der Waals surface area contributed by atoms with Gasteiger partial charge in [-0.15, -0.1) is 0 Å². The number of nitrogens with two attached hydrogens (primary N) is 1. The summed E-state index contributed by atoms with van der Waals surface area (Å²) in [5.74, 6) is 1.85. The zero-order chi connectivity index (χ0) is 13.4. The molecule has 0 aliphatic rings. The van der Waals surface area contributed by atoms with Crippen molar-refractivity contribution in [3.8, 4) is 0 Å². The van der Waals surface area contributed by atoms with E-state index >= 15 is 0 Å². The number of rotatable bonds is 3. The van der Waals surface area contributed by atoms with Gasteiger partial charge in [-0.25, -0.2) is 4.98 Å². The Bertz CT molecular complexity index is 726. The maximum absolute atomic E-state index is 5.80. The summed E-state index contributed by atoms with van der Waals surface area (Å²) in [6, 6.07) is 7.75. The molecule has 3 rings (SSSR count). The second-order valence-electron chi connectivity index (χ2n) is 4.64. The molecule has 19 heavy (non-hydrogen) atoms. The molecule has 0 fully saturated rings. The molecule has 98 valence electrons. The lowest BCUT2D eigenvalue weighted by atomic mass is 10.2. The number of nitrogens with zero attached hydrogens (tertiary/aromatic N) is 3. The van der Waals surface area contributed by atoms with Crippen LogP contribution in [0.15, 0.2) is 28.8 Å². The molecule has 2 aromatic heterocycles. The van der Waals surface area contributed by atoms with E-state index in [2.05, 4.69) is 21.6 Å². The maximum Gasteiger partial charge on any atom is 0.133 e. The molecule has 0 unspecified atom stereocenters. The molecule has 0 amide bonds. The highest BCUT2D eigenvalue weighted by atomic mass is 16.5. The maximum atomic E-state index is 5.80. The van der Waals surface area contributed by atoms with E-state index in [-0.39, 0.29) is 0 Å². The highest BCUT2D eigenvalue weighted by Gasteiger charge is 2.11. The van der Waals surface area contributed by atoms with E-state index in [4.69, 9.17) is 10.3 Å². The van der Waals surface area contributed by atoms with Gasteiger partial charge in [-0.05, 0) is 25.1 Å². The van der Waals surface area contributed by atoms with Crippen molar-refractivity contribution >= 4 is 16.7 Å². The zero-order valence-corrected chi connectivity index (χ0v) is 11.1. The van der Waals surface area contributed by atoms with Gasteiger partial charge < -0.3 is 14.8 Å². The van der Waals surface area contributed by atoms with Crippen molar-refractivity contribution in [2.75, 3.05) is 5.73 Å². The van der Waals surface area contributed by atoms with E-state index in [9.17, 15) is 0 Å². The van der Waals surface area contributed by atoms with Gasteiger partial charge in [0, 0.05) is 18.2 Å². The SMILES string of the molecule is CCc1nc2cc(N)ccc2n1Cc1cc(C)on1. The average molecular weight is 256 g/mol. The molecule has 0 saturated carbocycles. The minimum Gasteiger partial charge on any atom is -0.399 e. The lowest BCUT2D eigenvalue weighted by Gasteiger charge is -2.05. The monoisotopic (exact) mass is 256 g/mol. The van der Waals surface area contributed by atoms with Crippen LogP contribution in [-0.2, 0) is 13.0 Å². The standard InChI is InChI=1S/C14H16N4O/c1-3-14-16-12-7-10(15)4-5-13(12)18(14)8-11-6-9(2)19-17-11/h4-7H,3,8,15H2,1-2H3. The molecular weight excluding hydrogens is 240 g/mol. The summed E-state index contributed by atoms with van der Waals surface area (Å²) >= 11 is 0. The number of aromatic nitrogens is 3. The Hall–Kier alpha value is -2.30. The first-order valence-corrected chi connectivity index (χ1v) is 6.34. The number of benzene rings is 1. The second-order valence-corrected chi connectivity index (χ2v) is 4.64. The Labute approximate surface area is 111 Å². The van der Waals surface area contributed by atoms with Gasteiger partial charge in [0.05, 0.1) is 17.6 Å². The summed E-state index contributed by atoms with van der Waals surface area (Å²) in [7, 11) is 0. The largest absolute Gasteiger partial charge is 0.399 e. The number of aryl methyl sites for hydroxylation is 2. The molecule has 2 heterocycles. The van der Waals surface area contributed by atoms with Crippen LogP contribution < -0.4 is 5.73 Å². The van der Waals surface area contributed by atoms with Crippen LogP contribution in [0.25, 0.3) is 11.0 Å². The van der Waals surface area contributed by atoms with Gasteiger partial charge in [0.25, 0.3) is 0 Å². The molecule has 5 heteroatoms. The Balaban J connectivity index is 2.10. The first-order chi connectivity index (χ1) is 9.17. The van der Waals surface area contributed by atoms with Gasteiger partial charge >= 0.3 is 0 Å². The first kappa shape index (κ1) is 11.8. The molecule has 0 atom stereocenters. The van der Waals surface area contributed by atoms with Crippen LogP contribution in [0.2, 0.25) is 0 Å². The van der Waals surface area contributed by atoms with Gasteiger partial charge in [-0.2, -0.15) is 0 Å². The zero-order valence-electron chi connectivity index (χ0n) is 11.1. The molecule has 0 aliphatic heterocycles. The van der Waals surface area contributed by atoms with Crippen LogP contribution in [0.1, 0.15) is 24.2 Å². The van der Waals surface area contributed by atoms with Crippen molar-refractivity contribution in [1.29, 1.82) is 0 Å². The highest BCUT2D eigenvalue weighted by Crippen LogP contribution is 2.20. The van der Waals surface area contributed by atoms with Gasteiger partial charge in [0.15, 0.2) is 0 Å². The van der Waals surface area contributed by atoms with Gasteiger partial charge in [0.1, 0.15) is 17.3 Å². The molecule has 0 radical (unpaired) electrons. The molecular formula is C14H16N4O. The minimum absolute atomic E-state index is 0.668. The fourth-order valence-corrected chi connectivity index (χ4v) is 2.30. The summed E-state index contributed by atoms with van der Waals surface area (Å²) in [5.41, 5.74) is 9.45. The lowest BCUT2D eigenvalue weighted by molar-refractivity contribution is 0.389. The van der Waals surface area contributed by atoms with Crippen LogP contribution in [-0.4, -0.2) is 14.7 Å². The molecule has 0 saturated heterocycles. The fraction of sp³-hybridized carbons (Fsp3) is 0.286. The highest BCUT2D eigenvalue weighted by molar-refractivity contribution is 5.79. The number of hydrogen-bond donors (Lipinski definition) is 1. The van der Waals surface area contributed by atoms with Gasteiger partial charge in [0.2, 0.25) is 0 Å². The summed E-state index contributed by atoms with van der Waals surface area (Å²) in [6.45, 7) is 4.65. The van der Waals surface area contributed by atoms with Crippen molar-refractivity contribution < 1.29 is 4.52 Å². The molecule has 1 aromatic carbocycles. The fourth-order valence-electron chi connectivity index (χ4n) is 2.30. The Morgan fingerprint density at radius 3 is 2.84 bits per heavy atom. The molecule has 5 nitrogen and oxygen atoms in total. The van der Waals surface area contributed by atoms with Crippen molar-refractivity contribution in [1.82, 2.24) is 14.7 Å². The summed E-state index contributed by atoms with van der Waals surface area (Å²) in [6.07, 6.45) is 0.866. The quantitative estimate of drug-likeness (QED) is 0.731. The van der Waals surface area contributed by atoms with E-state index < -0.39 is 0 Å². The number of fused-ring (bicyclic) bond motifs is 1. The summed E-state index contributed by atoms with van der Waals surface area (Å²) in [5, 5.41) is 4.04. The minimum atomic E-state index is 0.668. The van der Waals surface area contributed by atoms with Crippen LogP contribution in [0.5, 0.6) is 0 Å². The third kappa shape index (κ3) is 2.07. The third-order valence-electron chi connectivity index (χ3n) is 3.16. The summed E-state index contributed by atoms with van der Waals surface area (Å²) < 4.78 is 7.27. The van der Waals surface area contributed by atoms with Gasteiger partial charge in [-0.1, -0.05) is 12.1 Å². The first-order valence-electron chi connectivity index (χ1n) is 6.34. The molecule has 0 spiro atoms. The van der Waals surface area contributed by atoms with Gasteiger partial charge in [-0.3, -0.25) is 0 Å². The van der Waals surface area contributed by atoms with E-state index in [1.807, 2.05) is 31.2 Å². The molecule has 3 aromatic rings. The smallest absolute Gasteiger partial charge is 0.133 e. The van der Waals surface area contributed by atoms with Crippen molar-refractivity contribution in [2.24, 2.45) is 0 Å². The Kier molecular flexibility index (Phi) is 2.74. The predicted molar refractivity (Wildman–Crippen MR) is 73.9 cm³/mol. The number of imidazole rings is 1. The third-order valence-corrected chi connectivity index (χ3v) is 3.16. The van der Waals surface area contributed by atoms with Crippen LogP contribution in [0.3, 0.4) is 0 Å². The Morgan fingerprint density at radius 1 is 1.32 bits per heavy atom. The van der Waals surface area contributed by atoms with Crippen LogP contribution >= 0.6 is 0 Å². The number of nitrogen functional groups attached to an aromatic ring is 1. The van der Waals surface area contributed by atoms with Crippen molar-refractivity contribution in [3.05, 3.63) is 41.5 Å². The normalized spacial score (nSPS) is 11.3. The van der Waals surface area contributed by atoms with E-state index in [1.54, 1.807) is 0 Å². The molecule has 0 aliphatic carbocycles. The van der Waals surface area contributed by atoms with E-state index in [1.165, 1.54) is 0 Å². The van der Waals surface area contributed by atoms with E-state index in [0.29, 0.717) is 6.54 Å². The second kappa shape index (κ2) is 4.42. The van der Waals surface area contributed by atoms with E-state index in [0.717, 1.165) is 40.4 Å². The Morgan fingerprint density at radius 2 is 2.16 bits per heavy atom. The lowest BCUT2D eigenvalue weighted by Crippen LogP contribution is -2.04. The predicted octanol–water partition coefficient (Wildman–Crippen LogP) is 2.53. The number of hydrogen-bond acceptors (Lipinski definition) is 4. The molecule has 2 N–H and O–H groups in total. The molecule has 0 bridgehead atoms. The van der Waals surface area contributed by atoms with Crippen molar-refractivity contribution in [2.45, 2.75) is 26.8 Å². The van der Waals surface area contributed by atoms with Crippen LogP contribution in [0, 0.1) is 6.92 Å². The average Bonchev–Trinajstić information content (AvgIpc) is 2.94. The number of anilines is 1. The topological polar surface area (TPSA) is 69.9 Å².